The molecule has 8 nitrogen and oxygen atoms in total. The topological polar surface area (TPSA) is 116 Å². The summed E-state index contributed by atoms with van der Waals surface area (Å²) in [6.07, 6.45) is 1.55. The minimum absolute atomic E-state index is 0.0232. The molecular weight excluding hydrogens is 901 g/mol. The Morgan fingerprint density at radius 2 is 1.07 bits per heavy atom. The summed E-state index contributed by atoms with van der Waals surface area (Å²) in [7, 11) is 0. The molecule has 0 spiro atoms. The van der Waals surface area contributed by atoms with E-state index in [2.05, 4.69) is 44.2 Å². The third kappa shape index (κ3) is 9.15. The van der Waals surface area contributed by atoms with E-state index in [9.17, 15) is 27.2 Å². The molecule has 0 bridgehead atoms. The van der Waals surface area contributed by atoms with E-state index in [1.165, 1.54) is 40.6 Å². The van der Waals surface area contributed by atoms with E-state index in [0.29, 0.717) is 29.3 Å². The van der Waals surface area contributed by atoms with Crippen LogP contribution in [0, 0.1) is 29.3 Å². The maximum atomic E-state index is 14.2. The van der Waals surface area contributed by atoms with Crippen molar-refractivity contribution in [1.29, 1.82) is 0 Å². The zero-order valence-corrected chi connectivity index (χ0v) is 36.2. The Hall–Kier alpha value is -5.69. The van der Waals surface area contributed by atoms with Crippen LogP contribution in [-0.4, -0.2) is 44.8 Å². The first-order chi connectivity index (χ1) is 28.6. The fourth-order valence-corrected chi connectivity index (χ4v) is 7.03. The fourth-order valence-electron chi connectivity index (χ4n) is 6.88. The molecule has 59 heavy (non-hydrogen) atoms. The van der Waals surface area contributed by atoms with Gasteiger partial charge in [0.15, 0.2) is 0 Å². The molecule has 0 fully saturated rings. The van der Waals surface area contributed by atoms with Gasteiger partial charge in [0.25, 0.3) is 11.8 Å². The van der Waals surface area contributed by atoms with Crippen molar-refractivity contribution < 1.29 is 43.5 Å². The van der Waals surface area contributed by atoms with Crippen molar-refractivity contribution in [3.05, 3.63) is 166 Å². The molecule has 0 saturated carbocycles. The fraction of sp³-hybridized carbons (Fsp3) is 0.0909. The minimum atomic E-state index is -0.662. The molecule has 292 valence electrons. The number of rotatable bonds is 3. The van der Waals surface area contributed by atoms with Crippen LogP contribution < -0.4 is 10.6 Å². The molecule has 2 aliphatic heterocycles. The molecule has 0 atom stereocenters. The third-order valence-corrected chi connectivity index (χ3v) is 9.75. The zero-order chi connectivity index (χ0) is 41.6. The number of fused-ring (bicyclic) bond motifs is 4. The van der Waals surface area contributed by atoms with Crippen LogP contribution in [0.1, 0.15) is 32.1 Å². The summed E-state index contributed by atoms with van der Waals surface area (Å²) in [6.45, 7) is 1.27. The molecule has 4 aromatic carbocycles. The average Bonchev–Trinajstić information content (AvgIpc) is 3.88. The SMILES string of the molecule is Fc1[c-]c(F)ccc1.O=C1NCCc2[nH]c(-c3cccc4ccc(-c5c(F)cccc5F)nc34)cc21.O=C1NCCc2[nH]c(-c3cccc4ccc(Cl)nc34)cc21.[Zn+][Br]. The molecule has 8 aromatic rings. The van der Waals surface area contributed by atoms with Crippen LogP contribution in [0.5, 0.6) is 0 Å². The van der Waals surface area contributed by atoms with Gasteiger partial charge in [-0.2, -0.15) is 6.07 Å². The molecule has 2 amide bonds. The van der Waals surface area contributed by atoms with E-state index < -0.39 is 23.3 Å². The number of pyridine rings is 2. The van der Waals surface area contributed by atoms with E-state index >= 15 is 0 Å². The molecule has 4 aromatic heterocycles. The quantitative estimate of drug-likeness (QED) is 0.0611. The van der Waals surface area contributed by atoms with E-state index in [4.69, 9.17) is 11.6 Å². The van der Waals surface area contributed by atoms with Gasteiger partial charge in [-0.05, 0) is 42.5 Å². The Morgan fingerprint density at radius 3 is 1.56 bits per heavy atom. The second-order valence-electron chi connectivity index (χ2n) is 13.2. The summed E-state index contributed by atoms with van der Waals surface area (Å²) in [4.78, 5) is 39.6. The number of aromatic amines is 2. The van der Waals surface area contributed by atoms with Crippen molar-refractivity contribution in [3.63, 3.8) is 0 Å². The van der Waals surface area contributed by atoms with E-state index in [0.717, 1.165) is 80.7 Å². The summed E-state index contributed by atoms with van der Waals surface area (Å²) >= 11 is 10.3. The van der Waals surface area contributed by atoms with Gasteiger partial charge in [-0.15, -0.1) is 18.2 Å². The maximum absolute atomic E-state index is 14.2. The van der Waals surface area contributed by atoms with Crippen molar-refractivity contribution in [2.45, 2.75) is 12.8 Å². The first-order valence-electron chi connectivity index (χ1n) is 18.1. The van der Waals surface area contributed by atoms with Crippen LogP contribution in [-0.2, 0) is 29.2 Å². The zero-order valence-electron chi connectivity index (χ0n) is 30.9. The molecule has 6 heterocycles. The number of H-pyrrole nitrogens is 2. The molecule has 15 heteroatoms. The van der Waals surface area contributed by atoms with Crippen LogP contribution in [0.15, 0.2) is 109 Å². The normalized spacial score (nSPS) is 12.7. The first kappa shape index (κ1) is 41.5. The molecular formula is C44H30BrClF4N6O2Zn. The molecule has 0 saturated heterocycles. The van der Waals surface area contributed by atoms with Gasteiger partial charge in [-0.1, -0.05) is 60.1 Å². The van der Waals surface area contributed by atoms with Crippen molar-refractivity contribution in [1.82, 2.24) is 30.6 Å². The van der Waals surface area contributed by atoms with Gasteiger partial charge in [0, 0.05) is 82.2 Å². The standard InChI is InChI=1S/C22H15F2N3O.C16H12ClN3O.C6H3F2.BrH.Zn/c23-15-5-2-6-16(24)20(15)18-8-7-12-3-1-4-13(21(12)27-18)19-11-14-17(26-19)9-10-25-22(14)28;17-14-5-4-9-2-1-3-10(15(9)20-14)13-8-11-12(19-13)6-7-18-16(11)21;7-5-2-1-3-6(8)4-5;;/h1-8,11,26H,9-10H2,(H,25,28);1-5,8,19H,6-7H2,(H,18,21);1-3H;1H;/q;;-1;;+2/p-1. The Labute approximate surface area is 356 Å². The molecule has 10 rings (SSSR count). The van der Waals surface area contributed by atoms with Crippen LogP contribution in [0.3, 0.4) is 0 Å². The molecule has 0 unspecified atom stereocenters. The van der Waals surface area contributed by atoms with Crippen LogP contribution in [0.2, 0.25) is 5.15 Å². The average molecular weight is 932 g/mol. The number of hydrogen-bond donors (Lipinski definition) is 4. The number of halogens is 6. The Kier molecular flexibility index (Phi) is 13.0. The second kappa shape index (κ2) is 18.5. The second-order valence-corrected chi connectivity index (χ2v) is 13.6. The van der Waals surface area contributed by atoms with Gasteiger partial charge in [-0.25, -0.2) is 27.5 Å². The number of amides is 2. The van der Waals surface area contributed by atoms with Gasteiger partial charge >= 0.3 is 30.0 Å². The number of nitrogens with one attached hydrogen (secondary N) is 4. The molecule has 0 aliphatic carbocycles. The number of nitrogens with zero attached hydrogens (tertiary/aromatic N) is 2. The van der Waals surface area contributed by atoms with E-state index in [1.54, 1.807) is 24.3 Å². The van der Waals surface area contributed by atoms with Crippen molar-refractivity contribution >= 4 is 58.8 Å². The Bertz CT molecular complexity index is 2810. The first-order valence-corrected chi connectivity index (χ1v) is 25.5. The molecule has 0 radical (unpaired) electrons. The van der Waals surface area contributed by atoms with Crippen LogP contribution in [0.25, 0.3) is 55.6 Å². The predicted octanol–water partition coefficient (Wildman–Crippen LogP) is 10.2. The Balaban J connectivity index is 0.000000149. The van der Waals surface area contributed by atoms with Gasteiger partial charge < -0.3 is 20.6 Å². The molecule has 2 aliphatic rings. The summed E-state index contributed by atoms with van der Waals surface area (Å²) < 4.78 is 52.2. The van der Waals surface area contributed by atoms with Crippen LogP contribution in [0.4, 0.5) is 17.6 Å². The van der Waals surface area contributed by atoms with Gasteiger partial charge in [0.05, 0.1) is 33.4 Å². The monoisotopic (exact) mass is 928 g/mol. The third-order valence-electron chi connectivity index (χ3n) is 9.54. The number of carbonyl (C=O) groups excluding carboxylic acids is 2. The predicted molar refractivity (Wildman–Crippen MR) is 220 cm³/mol. The van der Waals surface area contributed by atoms with Gasteiger partial charge in [0.2, 0.25) is 0 Å². The number of para-hydroxylation sites is 2. The van der Waals surface area contributed by atoms with E-state index in [1.807, 2.05) is 54.6 Å². The van der Waals surface area contributed by atoms with Crippen molar-refractivity contribution in [3.8, 4) is 33.8 Å². The number of carbonyl (C=O) groups is 2. The van der Waals surface area contributed by atoms with Gasteiger partial charge in [0.1, 0.15) is 16.8 Å². The Morgan fingerprint density at radius 1 is 0.593 bits per heavy atom. The summed E-state index contributed by atoms with van der Waals surface area (Å²) in [5, 5.41) is 8.01. The van der Waals surface area contributed by atoms with E-state index in [-0.39, 0.29) is 23.1 Å². The van der Waals surface area contributed by atoms with Crippen LogP contribution >= 0.6 is 25.2 Å². The summed E-state index contributed by atoms with van der Waals surface area (Å²) in [5.41, 5.74) is 8.11. The number of benzene rings is 4. The number of hydrogen-bond acceptors (Lipinski definition) is 4. The number of aromatic nitrogens is 4. The van der Waals surface area contributed by atoms with Crippen molar-refractivity contribution in [2.24, 2.45) is 0 Å². The van der Waals surface area contributed by atoms with Crippen molar-refractivity contribution in [2.75, 3.05) is 13.1 Å². The molecule has 4 N–H and O–H groups in total. The summed E-state index contributed by atoms with van der Waals surface area (Å²) in [5.74, 6) is -2.77. The summed E-state index contributed by atoms with van der Waals surface area (Å²) in [6, 6.07) is 31.6. The van der Waals surface area contributed by atoms with Gasteiger partial charge in [-0.3, -0.25) is 9.59 Å².